The van der Waals surface area contributed by atoms with Crippen LogP contribution in [-0.2, 0) is 9.59 Å². The van der Waals surface area contributed by atoms with Crippen molar-refractivity contribution < 1.29 is 24.6 Å². The molecule has 7 heteroatoms. The molecule has 0 aromatic heterocycles. The van der Waals surface area contributed by atoms with Gasteiger partial charge < -0.3 is 20.8 Å². The maximum Gasteiger partial charge on any atom is 0.326 e. The smallest absolute Gasteiger partial charge is 0.326 e. The zero-order valence-electron chi connectivity index (χ0n) is 11.6. The van der Waals surface area contributed by atoms with Gasteiger partial charge in [-0.1, -0.05) is 30.3 Å². The minimum Gasteiger partial charge on any atom is -0.481 e. The van der Waals surface area contributed by atoms with Gasteiger partial charge in [0, 0.05) is 6.42 Å². The Hall–Kier alpha value is -2.57. The molecule has 1 aromatic rings. The first kappa shape index (κ1) is 16.5. The molecule has 0 saturated carbocycles. The highest BCUT2D eigenvalue weighted by atomic mass is 16.4. The maximum atomic E-state index is 11.8. The molecular weight excluding hydrogens is 276 g/mol. The van der Waals surface area contributed by atoms with E-state index in [1.807, 2.05) is 30.3 Å². The van der Waals surface area contributed by atoms with Crippen molar-refractivity contribution in [1.29, 1.82) is 0 Å². The molecule has 2 atom stereocenters. The summed E-state index contributed by atoms with van der Waals surface area (Å²) in [5, 5.41) is 22.4. The molecule has 21 heavy (non-hydrogen) atoms. The van der Waals surface area contributed by atoms with Crippen molar-refractivity contribution in [1.82, 2.24) is 10.6 Å². The van der Waals surface area contributed by atoms with Gasteiger partial charge >= 0.3 is 18.0 Å². The second kappa shape index (κ2) is 7.88. The first-order valence-electron chi connectivity index (χ1n) is 6.46. The van der Waals surface area contributed by atoms with Crippen LogP contribution >= 0.6 is 0 Å². The molecule has 114 valence electrons. The standard InChI is InChI=1S/C14H18N2O5/c1-9(10-5-3-2-4-6-10)15-14(21)16-11(13(19)20)7-8-12(17)18/h2-6,9,11H,7-8H2,1H3,(H,17,18)(H,19,20)(H2,15,16,21). The zero-order chi connectivity index (χ0) is 15.8. The van der Waals surface area contributed by atoms with Crippen molar-refractivity contribution in [3.63, 3.8) is 0 Å². The number of carbonyl (C=O) groups excluding carboxylic acids is 1. The molecule has 0 aliphatic heterocycles. The van der Waals surface area contributed by atoms with Crippen molar-refractivity contribution in [3.8, 4) is 0 Å². The normalized spacial score (nSPS) is 13.0. The van der Waals surface area contributed by atoms with Crippen LogP contribution in [0.25, 0.3) is 0 Å². The molecule has 0 fully saturated rings. The van der Waals surface area contributed by atoms with Crippen molar-refractivity contribution in [2.24, 2.45) is 0 Å². The molecule has 4 N–H and O–H groups in total. The van der Waals surface area contributed by atoms with Crippen molar-refractivity contribution in [3.05, 3.63) is 35.9 Å². The summed E-state index contributed by atoms with van der Waals surface area (Å²) in [6.07, 6.45) is -0.497. The molecule has 0 spiro atoms. The maximum absolute atomic E-state index is 11.8. The largest absolute Gasteiger partial charge is 0.481 e. The van der Waals surface area contributed by atoms with Gasteiger partial charge in [-0.15, -0.1) is 0 Å². The van der Waals surface area contributed by atoms with Gasteiger partial charge in [0.15, 0.2) is 0 Å². The molecule has 1 rings (SSSR count). The third-order valence-electron chi connectivity index (χ3n) is 2.90. The number of aliphatic carboxylic acids is 2. The van der Waals surface area contributed by atoms with E-state index in [0.717, 1.165) is 5.56 Å². The highest BCUT2D eigenvalue weighted by Crippen LogP contribution is 2.10. The molecule has 7 nitrogen and oxygen atoms in total. The summed E-state index contributed by atoms with van der Waals surface area (Å²) >= 11 is 0. The number of urea groups is 1. The number of nitrogens with one attached hydrogen (secondary N) is 2. The number of hydrogen-bond donors (Lipinski definition) is 4. The number of hydrogen-bond acceptors (Lipinski definition) is 3. The zero-order valence-corrected chi connectivity index (χ0v) is 11.6. The predicted octanol–water partition coefficient (Wildman–Crippen LogP) is 1.36. The third kappa shape index (κ3) is 5.94. The van der Waals surface area contributed by atoms with E-state index in [-0.39, 0.29) is 18.9 Å². The number of amides is 2. The Morgan fingerprint density at radius 2 is 1.71 bits per heavy atom. The van der Waals surface area contributed by atoms with Crippen molar-refractivity contribution in [2.45, 2.75) is 31.8 Å². The molecule has 2 amide bonds. The Labute approximate surface area is 122 Å². The van der Waals surface area contributed by atoms with Gasteiger partial charge in [-0.05, 0) is 18.9 Å². The molecule has 0 saturated heterocycles. The Morgan fingerprint density at radius 3 is 2.24 bits per heavy atom. The van der Waals surface area contributed by atoms with Crippen LogP contribution in [0, 0.1) is 0 Å². The van der Waals surface area contributed by atoms with Crippen molar-refractivity contribution in [2.75, 3.05) is 0 Å². The summed E-state index contributed by atoms with van der Waals surface area (Å²) in [6, 6.07) is 7.02. The Bertz CT molecular complexity index is 503. The van der Waals surface area contributed by atoms with E-state index in [9.17, 15) is 14.4 Å². The summed E-state index contributed by atoms with van der Waals surface area (Å²) < 4.78 is 0. The third-order valence-corrected chi connectivity index (χ3v) is 2.90. The van der Waals surface area contributed by atoms with E-state index in [1.165, 1.54) is 0 Å². The quantitative estimate of drug-likeness (QED) is 0.606. The second-order valence-electron chi connectivity index (χ2n) is 4.57. The first-order valence-corrected chi connectivity index (χ1v) is 6.46. The minimum absolute atomic E-state index is 0.169. The number of benzene rings is 1. The lowest BCUT2D eigenvalue weighted by molar-refractivity contribution is -0.140. The Morgan fingerprint density at radius 1 is 1.10 bits per heavy atom. The van der Waals surface area contributed by atoms with Crippen molar-refractivity contribution >= 4 is 18.0 Å². The summed E-state index contributed by atoms with van der Waals surface area (Å²) in [6.45, 7) is 1.77. The Balaban J connectivity index is 2.54. The van der Waals surface area contributed by atoms with E-state index in [4.69, 9.17) is 10.2 Å². The summed E-state index contributed by atoms with van der Waals surface area (Å²) in [7, 11) is 0. The van der Waals surface area contributed by atoms with Gasteiger partial charge in [-0.2, -0.15) is 0 Å². The van der Waals surface area contributed by atoms with Crippen LogP contribution in [0.5, 0.6) is 0 Å². The van der Waals surface area contributed by atoms with E-state index < -0.39 is 24.0 Å². The SMILES string of the molecule is CC(NC(=O)NC(CCC(=O)O)C(=O)O)c1ccccc1. The van der Waals surface area contributed by atoms with Crippen LogP contribution < -0.4 is 10.6 Å². The summed E-state index contributed by atoms with van der Waals surface area (Å²) in [5.74, 6) is -2.38. The van der Waals surface area contributed by atoms with E-state index in [2.05, 4.69) is 10.6 Å². The molecule has 0 bridgehead atoms. The highest BCUT2D eigenvalue weighted by molar-refractivity contribution is 5.83. The van der Waals surface area contributed by atoms with Crippen LogP contribution in [-0.4, -0.2) is 34.2 Å². The van der Waals surface area contributed by atoms with Gasteiger partial charge in [0.2, 0.25) is 0 Å². The Kier molecular flexibility index (Phi) is 6.19. The number of carbonyl (C=O) groups is 3. The summed E-state index contributed by atoms with van der Waals surface area (Å²) in [4.78, 5) is 33.2. The van der Waals surface area contributed by atoms with Gasteiger partial charge in [0.25, 0.3) is 0 Å². The molecule has 0 aliphatic rings. The number of carboxylic acids is 2. The fourth-order valence-corrected chi connectivity index (χ4v) is 1.75. The highest BCUT2D eigenvalue weighted by Gasteiger charge is 2.21. The molecule has 2 unspecified atom stereocenters. The van der Waals surface area contributed by atoms with Crippen LogP contribution in [0.15, 0.2) is 30.3 Å². The topological polar surface area (TPSA) is 116 Å². The van der Waals surface area contributed by atoms with Gasteiger partial charge in [0.05, 0.1) is 6.04 Å². The molecule has 0 radical (unpaired) electrons. The van der Waals surface area contributed by atoms with Gasteiger partial charge in [-0.3, -0.25) is 4.79 Å². The van der Waals surface area contributed by atoms with Crippen LogP contribution in [0.2, 0.25) is 0 Å². The second-order valence-corrected chi connectivity index (χ2v) is 4.57. The van der Waals surface area contributed by atoms with E-state index in [1.54, 1.807) is 6.92 Å². The van der Waals surface area contributed by atoms with Crippen LogP contribution in [0.4, 0.5) is 4.79 Å². The van der Waals surface area contributed by atoms with Crippen LogP contribution in [0.3, 0.4) is 0 Å². The minimum atomic E-state index is -1.27. The van der Waals surface area contributed by atoms with Gasteiger partial charge in [-0.25, -0.2) is 9.59 Å². The van der Waals surface area contributed by atoms with E-state index in [0.29, 0.717) is 0 Å². The monoisotopic (exact) mass is 294 g/mol. The number of carboxylic acid groups (broad SMARTS) is 2. The first-order chi connectivity index (χ1) is 9.90. The molecular formula is C14H18N2O5. The van der Waals surface area contributed by atoms with Gasteiger partial charge in [0.1, 0.15) is 6.04 Å². The number of rotatable bonds is 7. The summed E-state index contributed by atoms with van der Waals surface area (Å²) in [5.41, 5.74) is 0.880. The average Bonchev–Trinajstić information content (AvgIpc) is 2.43. The molecule has 0 aliphatic carbocycles. The fraction of sp³-hybridized carbons (Fsp3) is 0.357. The van der Waals surface area contributed by atoms with E-state index >= 15 is 0 Å². The molecule has 0 heterocycles. The lowest BCUT2D eigenvalue weighted by Gasteiger charge is -2.18. The predicted molar refractivity (Wildman–Crippen MR) is 74.8 cm³/mol. The fourth-order valence-electron chi connectivity index (χ4n) is 1.75. The lowest BCUT2D eigenvalue weighted by Crippen LogP contribution is -2.46. The molecule has 1 aromatic carbocycles. The lowest BCUT2D eigenvalue weighted by atomic mass is 10.1. The average molecular weight is 294 g/mol. The van der Waals surface area contributed by atoms with Crippen LogP contribution in [0.1, 0.15) is 31.4 Å².